The van der Waals surface area contributed by atoms with Crippen LogP contribution in [0.5, 0.6) is 0 Å². The molecule has 1 heterocycles. The maximum absolute atomic E-state index is 10.7. The highest BCUT2D eigenvalue weighted by atomic mass is 16.7. The number of rotatable bonds is 3. The molecule has 0 radical (unpaired) electrons. The molecule has 0 aromatic carbocycles. The number of aliphatic carboxylic acids is 1. The fraction of sp³-hybridized carbons (Fsp3) is 0.714. The Bertz CT molecular complexity index is 225. The maximum atomic E-state index is 10.7. The van der Waals surface area contributed by atoms with Crippen molar-refractivity contribution in [1.82, 2.24) is 0 Å². The quantitative estimate of drug-likeness (QED) is 0.629. The minimum atomic E-state index is -1.24. The number of carbonyl (C=O) groups is 1. The number of carboxylic acid groups (broad SMARTS) is 1. The predicted octanol–water partition coefficient (Wildman–Crippen LogP) is -0.0116. The zero-order valence-corrected chi connectivity index (χ0v) is 6.78. The van der Waals surface area contributed by atoms with Crippen LogP contribution in [0.25, 0.3) is 0 Å². The molecule has 0 aliphatic carbocycles. The number of hydrogen-bond donors (Lipinski definition) is 2. The van der Waals surface area contributed by atoms with Crippen LogP contribution in [0.15, 0.2) is 5.16 Å². The van der Waals surface area contributed by atoms with Gasteiger partial charge in [0.2, 0.25) is 5.60 Å². The normalized spacial score (nSPS) is 28.0. The van der Waals surface area contributed by atoms with Gasteiger partial charge in [-0.3, -0.25) is 0 Å². The van der Waals surface area contributed by atoms with E-state index in [9.17, 15) is 4.79 Å². The molecule has 0 fully saturated rings. The van der Waals surface area contributed by atoms with Crippen LogP contribution < -0.4 is 0 Å². The number of nitrogens with zero attached hydrogens (tertiary/aromatic N) is 1. The first-order chi connectivity index (χ1) is 5.64. The lowest BCUT2D eigenvalue weighted by atomic mass is 9.95. The molecule has 5 heteroatoms. The van der Waals surface area contributed by atoms with Crippen molar-refractivity contribution < 1.29 is 19.8 Å². The van der Waals surface area contributed by atoms with Crippen molar-refractivity contribution in [2.75, 3.05) is 6.61 Å². The Morgan fingerprint density at radius 3 is 2.75 bits per heavy atom. The van der Waals surface area contributed by atoms with Gasteiger partial charge in [0.25, 0.3) is 0 Å². The van der Waals surface area contributed by atoms with Gasteiger partial charge >= 0.3 is 5.97 Å². The Kier molecular flexibility index (Phi) is 2.32. The zero-order valence-electron chi connectivity index (χ0n) is 6.78. The van der Waals surface area contributed by atoms with Crippen LogP contribution in [-0.4, -0.2) is 34.1 Å². The standard InChI is InChI=1S/C7H11NO4/c1-2-7(6(10)11)3-5(4-9)8-12-7/h9H,2-4H2,1H3,(H,10,11). The lowest BCUT2D eigenvalue weighted by molar-refractivity contribution is -0.162. The van der Waals surface area contributed by atoms with Gasteiger partial charge in [-0.15, -0.1) is 0 Å². The third-order valence-corrected chi connectivity index (χ3v) is 1.98. The summed E-state index contributed by atoms with van der Waals surface area (Å²) in [4.78, 5) is 15.5. The molecule has 0 saturated carbocycles. The average molecular weight is 173 g/mol. The zero-order chi connectivity index (χ0) is 9.19. The molecule has 2 N–H and O–H groups in total. The molecule has 5 nitrogen and oxygen atoms in total. The van der Waals surface area contributed by atoms with E-state index in [1.54, 1.807) is 6.92 Å². The Morgan fingerprint density at radius 2 is 2.50 bits per heavy atom. The summed E-state index contributed by atoms with van der Waals surface area (Å²) in [6.07, 6.45) is 0.519. The summed E-state index contributed by atoms with van der Waals surface area (Å²) in [5.41, 5.74) is -0.850. The van der Waals surface area contributed by atoms with Gasteiger partial charge in [-0.05, 0) is 6.42 Å². The molecular weight excluding hydrogens is 162 g/mol. The molecule has 0 spiro atoms. The molecule has 1 aliphatic rings. The maximum Gasteiger partial charge on any atom is 0.351 e. The van der Waals surface area contributed by atoms with E-state index in [4.69, 9.17) is 15.1 Å². The van der Waals surface area contributed by atoms with Gasteiger partial charge in [-0.25, -0.2) is 4.79 Å². The number of aliphatic hydroxyl groups excluding tert-OH is 1. The van der Waals surface area contributed by atoms with Crippen molar-refractivity contribution in [3.05, 3.63) is 0 Å². The summed E-state index contributed by atoms with van der Waals surface area (Å²) in [6, 6.07) is 0. The highest BCUT2D eigenvalue weighted by molar-refractivity contribution is 5.93. The molecule has 0 aromatic heterocycles. The SMILES string of the molecule is CCC1(C(=O)O)CC(CO)=NO1. The Hall–Kier alpha value is -1.10. The predicted molar refractivity (Wildman–Crippen MR) is 40.9 cm³/mol. The molecular formula is C7H11NO4. The van der Waals surface area contributed by atoms with Crippen LogP contribution in [-0.2, 0) is 9.63 Å². The highest BCUT2D eigenvalue weighted by Crippen LogP contribution is 2.27. The van der Waals surface area contributed by atoms with Gasteiger partial charge in [0.1, 0.15) is 0 Å². The van der Waals surface area contributed by atoms with E-state index in [-0.39, 0.29) is 13.0 Å². The molecule has 1 aliphatic heterocycles. The van der Waals surface area contributed by atoms with E-state index < -0.39 is 11.6 Å². The summed E-state index contributed by atoms with van der Waals surface area (Å²) in [6.45, 7) is 1.47. The third-order valence-electron chi connectivity index (χ3n) is 1.98. The van der Waals surface area contributed by atoms with Crippen molar-refractivity contribution in [3.63, 3.8) is 0 Å². The first kappa shape index (κ1) is 8.99. The van der Waals surface area contributed by atoms with Crippen LogP contribution in [0.2, 0.25) is 0 Å². The monoisotopic (exact) mass is 173 g/mol. The number of hydrogen-bond acceptors (Lipinski definition) is 4. The van der Waals surface area contributed by atoms with E-state index in [2.05, 4.69) is 5.16 Å². The van der Waals surface area contributed by atoms with Gasteiger partial charge in [0, 0.05) is 6.42 Å². The first-order valence-corrected chi connectivity index (χ1v) is 3.73. The van der Waals surface area contributed by atoms with Crippen LogP contribution in [0.1, 0.15) is 19.8 Å². The van der Waals surface area contributed by atoms with Crippen molar-refractivity contribution in [1.29, 1.82) is 0 Å². The molecule has 0 bridgehead atoms. The van der Waals surface area contributed by atoms with Crippen molar-refractivity contribution >= 4 is 11.7 Å². The van der Waals surface area contributed by atoms with Gasteiger partial charge in [0.15, 0.2) is 0 Å². The second-order valence-electron chi connectivity index (χ2n) is 2.74. The Labute approximate surface area is 69.6 Å². The van der Waals surface area contributed by atoms with E-state index in [1.807, 2.05) is 0 Å². The smallest absolute Gasteiger partial charge is 0.351 e. The van der Waals surface area contributed by atoms with Crippen molar-refractivity contribution in [2.45, 2.75) is 25.4 Å². The number of aliphatic hydroxyl groups is 1. The Morgan fingerprint density at radius 1 is 1.83 bits per heavy atom. The minimum Gasteiger partial charge on any atom is -0.478 e. The molecule has 1 atom stereocenters. The highest BCUT2D eigenvalue weighted by Gasteiger charge is 2.44. The summed E-state index contributed by atoms with van der Waals surface area (Å²) in [5.74, 6) is -1.03. The topological polar surface area (TPSA) is 79.1 Å². The second-order valence-corrected chi connectivity index (χ2v) is 2.74. The van der Waals surface area contributed by atoms with E-state index >= 15 is 0 Å². The summed E-state index contributed by atoms with van der Waals surface area (Å²) >= 11 is 0. The molecule has 68 valence electrons. The van der Waals surface area contributed by atoms with Gasteiger partial charge in [-0.1, -0.05) is 12.1 Å². The lowest BCUT2D eigenvalue weighted by Gasteiger charge is -2.18. The van der Waals surface area contributed by atoms with E-state index in [0.717, 1.165) is 0 Å². The minimum absolute atomic E-state index is 0.176. The summed E-state index contributed by atoms with van der Waals surface area (Å²) in [5, 5.41) is 21.0. The first-order valence-electron chi connectivity index (χ1n) is 3.73. The average Bonchev–Trinajstić information content (AvgIpc) is 2.48. The largest absolute Gasteiger partial charge is 0.478 e. The third kappa shape index (κ3) is 1.27. The van der Waals surface area contributed by atoms with Gasteiger partial charge in [0.05, 0.1) is 12.3 Å². The van der Waals surface area contributed by atoms with Crippen LogP contribution in [0.3, 0.4) is 0 Å². The molecule has 0 amide bonds. The van der Waals surface area contributed by atoms with Crippen LogP contribution in [0.4, 0.5) is 0 Å². The molecule has 12 heavy (non-hydrogen) atoms. The van der Waals surface area contributed by atoms with E-state index in [1.165, 1.54) is 0 Å². The summed E-state index contributed by atoms with van der Waals surface area (Å²) in [7, 11) is 0. The van der Waals surface area contributed by atoms with Gasteiger partial charge in [-0.2, -0.15) is 0 Å². The van der Waals surface area contributed by atoms with E-state index in [0.29, 0.717) is 12.1 Å². The Balaban J connectivity index is 2.71. The van der Waals surface area contributed by atoms with Crippen LogP contribution >= 0.6 is 0 Å². The lowest BCUT2D eigenvalue weighted by Crippen LogP contribution is -2.38. The number of oxime groups is 1. The second kappa shape index (κ2) is 3.10. The molecule has 1 unspecified atom stereocenters. The molecule has 1 rings (SSSR count). The fourth-order valence-electron chi connectivity index (χ4n) is 1.09. The molecule has 0 aromatic rings. The fourth-order valence-corrected chi connectivity index (χ4v) is 1.09. The van der Waals surface area contributed by atoms with Gasteiger partial charge < -0.3 is 15.1 Å². The summed E-state index contributed by atoms with van der Waals surface area (Å²) < 4.78 is 0. The van der Waals surface area contributed by atoms with Crippen molar-refractivity contribution in [3.8, 4) is 0 Å². The van der Waals surface area contributed by atoms with Crippen molar-refractivity contribution in [2.24, 2.45) is 5.16 Å². The number of carboxylic acids is 1. The molecule has 0 saturated heterocycles. The van der Waals surface area contributed by atoms with Crippen LogP contribution in [0, 0.1) is 0 Å².